The highest BCUT2D eigenvalue weighted by molar-refractivity contribution is 7.88. The summed E-state index contributed by atoms with van der Waals surface area (Å²) < 4.78 is 39.7. The second kappa shape index (κ2) is 12.0. The third kappa shape index (κ3) is 6.42. The maximum absolute atomic E-state index is 12.8. The topological polar surface area (TPSA) is 141 Å². The van der Waals surface area contributed by atoms with E-state index in [2.05, 4.69) is 16.6 Å². The zero-order valence-corrected chi connectivity index (χ0v) is 25.6. The van der Waals surface area contributed by atoms with Gasteiger partial charge in [0.25, 0.3) is 5.56 Å². The van der Waals surface area contributed by atoms with Gasteiger partial charge in [0.2, 0.25) is 5.88 Å². The van der Waals surface area contributed by atoms with E-state index in [1.54, 1.807) is 16.7 Å². The van der Waals surface area contributed by atoms with Gasteiger partial charge in [-0.15, -0.1) is 11.3 Å². The van der Waals surface area contributed by atoms with Crippen LogP contribution in [-0.4, -0.2) is 27.7 Å². The Morgan fingerprint density at radius 1 is 1.00 bits per heavy atom. The van der Waals surface area contributed by atoms with Crippen molar-refractivity contribution >= 4 is 38.2 Å². The Labute approximate surface area is 243 Å². The molecule has 0 saturated heterocycles. The van der Waals surface area contributed by atoms with Crippen molar-refractivity contribution in [1.82, 2.24) is 14.7 Å². The molecule has 5 aromatic rings. The summed E-state index contributed by atoms with van der Waals surface area (Å²) in [5.41, 5.74) is 12.9. The molecular weight excluding hydrogens is 560 g/mol. The highest BCUT2D eigenvalue weighted by atomic mass is 32.3. The van der Waals surface area contributed by atoms with E-state index < -0.39 is 10.1 Å². The van der Waals surface area contributed by atoms with Gasteiger partial charge in [-0.25, -0.2) is 0 Å². The number of aromatic nitrogens is 3. The summed E-state index contributed by atoms with van der Waals surface area (Å²) in [6, 6.07) is 12.9. The van der Waals surface area contributed by atoms with Crippen LogP contribution in [0, 0.1) is 27.7 Å². The molecular formula is C30H34N4O5S2. The summed E-state index contributed by atoms with van der Waals surface area (Å²) in [6.07, 6.45) is 1.57. The predicted molar refractivity (Wildman–Crippen MR) is 163 cm³/mol. The molecule has 0 aliphatic heterocycles. The first-order valence-electron chi connectivity index (χ1n) is 13.2. The van der Waals surface area contributed by atoms with Gasteiger partial charge in [-0.2, -0.15) is 8.42 Å². The van der Waals surface area contributed by atoms with Crippen LogP contribution in [0.2, 0.25) is 0 Å². The van der Waals surface area contributed by atoms with Crippen LogP contribution < -0.4 is 11.3 Å². The fourth-order valence-corrected chi connectivity index (χ4v) is 6.66. The first kappa shape index (κ1) is 30.2. The lowest BCUT2D eigenvalue weighted by molar-refractivity contribution is 0.431. The first-order chi connectivity index (χ1) is 19.3. The van der Waals surface area contributed by atoms with Crippen molar-refractivity contribution in [3.63, 3.8) is 0 Å². The minimum Gasteiger partial charge on any atom is -0.367 e. The number of pyridine rings is 2. The Balaban J connectivity index is 0.000000417. The zero-order valence-electron chi connectivity index (χ0n) is 24.0. The second-order valence-corrected chi connectivity index (χ2v) is 12.8. The van der Waals surface area contributed by atoms with Gasteiger partial charge in [-0.3, -0.25) is 14.3 Å². The van der Waals surface area contributed by atoms with Crippen LogP contribution in [0.1, 0.15) is 52.5 Å². The monoisotopic (exact) mass is 594 g/mol. The molecule has 41 heavy (non-hydrogen) atoms. The van der Waals surface area contributed by atoms with Crippen LogP contribution in [0.15, 0.2) is 56.0 Å². The number of nitrogen functional groups attached to an aromatic ring is 1. The number of anilines is 1. The third-order valence-electron chi connectivity index (χ3n) is 6.99. The molecule has 5 rings (SSSR count). The normalized spacial score (nSPS) is 11.5. The SMILES string of the molecule is CCc1cc2c(ccc(=O)n2Cc2ccc(-c3cc(C)sc3S(=O)(=O)O)c(C)c2)c(CC)n1.Cc1noc(N)c1C. The molecule has 0 atom stereocenters. The second-order valence-electron chi connectivity index (χ2n) is 9.90. The van der Waals surface area contributed by atoms with Crippen LogP contribution in [0.3, 0.4) is 0 Å². The van der Waals surface area contributed by atoms with Gasteiger partial charge in [0.05, 0.1) is 17.8 Å². The number of nitrogens with two attached hydrogens (primary N) is 1. The van der Waals surface area contributed by atoms with Crippen molar-refractivity contribution in [2.75, 3.05) is 5.73 Å². The molecule has 0 fully saturated rings. The van der Waals surface area contributed by atoms with Gasteiger partial charge < -0.3 is 14.8 Å². The highest BCUT2D eigenvalue weighted by Crippen LogP contribution is 2.36. The van der Waals surface area contributed by atoms with E-state index in [0.29, 0.717) is 18.0 Å². The van der Waals surface area contributed by atoms with Crippen molar-refractivity contribution in [2.45, 2.75) is 65.1 Å². The molecule has 1 aromatic carbocycles. The average molecular weight is 595 g/mol. The fraction of sp³-hybridized carbons (Fsp3) is 0.300. The minimum absolute atomic E-state index is 0.0483. The molecule has 0 bridgehead atoms. The lowest BCUT2D eigenvalue weighted by atomic mass is 10.00. The van der Waals surface area contributed by atoms with Crippen LogP contribution in [0.25, 0.3) is 22.0 Å². The van der Waals surface area contributed by atoms with Gasteiger partial charge in [0.15, 0.2) is 4.21 Å². The molecule has 0 saturated carbocycles. The molecule has 4 heterocycles. The number of rotatable bonds is 6. The van der Waals surface area contributed by atoms with Gasteiger partial charge in [-0.1, -0.05) is 37.2 Å². The van der Waals surface area contributed by atoms with E-state index in [0.717, 1.165) is 79.3 Å². The molecule has 0 aliphatic rings. The standard InChI is InChI=1S/C25H26N2O4S2.C5H8N2O/c1-5-18-13-23-20(22(6-2)26-18)9-10-24(28)27(23)14-17-7-8-19(15(3)11-17)21-12-16(4)32-25(21)33(29,30)31;1-3-4(2)7-8-5(3)6/h7-13H,5-6,14H2,1-4H3,(H,29,30,31);6H2,1-2H3. The van der Waals surface area contributed by atoms with Crippen molar-refractivity contribution < 1.29 is 17.5 Å². The Morgan fingerprint density at radius 3 is 2.27 bits per heavy atom. The maximum atomic E-state index is 12.8. The van der Waals surface area contributed by atoms with E-state index >= 15 is 0 Å². The summed E-state index contributed by atoms with van der Waals surface area (Å²) in [5, 5.41) is 4.60. The smallest absolute Gasteiger partial charge is 0.304 e. The lowest BCUT2D eigenvalue weighted by Crippen LogP contribution is -2.21. The van der Waals surface area contributed by atoms with E-state index in [1.807, 2.05) is 65.0 Å². The van der Waals surface area contributed by atoms with E-state index in [-0.39, 0.29) is 9.77 Å². The molecule has 0 aliphatic carbocycles. The number of aryl methyl sites for hydroxylation is 5. The van der Waals surface area contributed by atoms with Crippen LogP contribution in [0.5, 0.6) is 0 Å². The highest BCUT2D eigenvalue weighted by Gasteiger charge is 2.21. The summed E-state index contributed by atoms with van der Waals surface area (Å²) in [7, 11) is -4.31. The van der Waals surface area contributed by atoms with E-state index in [9.17, 15) is 17.8 Å². The largest absolute Gasteiger partial charge is 0.367 e. The number of fused-ring (bicyclic) bond motifs is 1. The molecule has 11 heteroatoms. The molecule has 4 aromatic heterocycles. The van der Waals surface area contributed by atoms with Crippen molar-refractivity contribution in [3.8, 4) is 11.1 Å². The lowest BCUT2D eigenvalue weighted by Gasteiger charge is -2.15. The first-order valence-corrected chi connectivity index (χ1v) is 15.5. The minimum atomic E-state index is -4.31. The Bertz CT molecular complexity index is 1880. The van der Waals surface area contributed by atoms with E-state index in [1.165, 1.54) is 0 Å². The third-order valence-corrected chi connectivity index (χ3v) is 9.40. The number of thiophene rings is 1. The quantitative estimate of drug-likeness (QED) is 0.227. The molecule has 0 amide bonds. The maximum Gasteiger partial charge on any atom is 0.304 e. The van der Waals surface area contributed by atoms with Gasteiger partial charge >= 0.3 is 10.1 Å². The predicted octanol–water partition coefficient (Wildman–Crippen LogP) is 6.04. The molecule has 0 unspecified atom stereocenters. The van der Waals surface area contributed by atoms with Gasteiger partial charge in [-0.05, 0) is 75.4 Å². The summed E-state index contributed by atoms with van der Waals surface area (Å²) in [4.78, 5) is 18.3. The van der Waals surface area contributed by atoms with Gasteiger partial charge in [0.1, 0.15) is 0 Å². The van der Waals surface area contributed by atoms with Crippen molar-refractivity contribution in [1.29, 1.82) is 0 Å². The average Bonchev–Trinajstić information content (AvgIpc) is 3.47. The van der Waals surface area contributed by atoms with Crippen molar-refractivity contribution in [3.05, 3.63) is 91.5 Å². The summed E-state index contributed by atoms with van der Waals surface area (Å²) >= 11 is 1.05. The Hall–Kier alpha value is -3.80. The molecule has 3 N–H and O–H groups in total. The van der Waals surface area contributed by atoms with Crippen molar-refractivity contribution in [2.24, 2.45) is 0 Å². The molecule has 9 nitrogen and oxygen atoms in total. The molecule has 0 radical (unpaired) electrons. The van der Waals surface area contributed by atoms with Crippen LogP contribution in [0.4, 0.5) is 5.88 Å². The number of hydrogen-bond acceptors (Lipinski definition) is 8. The van der Waals surface area contributed by atoms with Crippen LogP contribution in [-0.2, 0) is 29.5 Å². The van der Waals surface area contributed by atoms with E-state index in [4.69, 9.17) is 10.7 Å². The fourth-order valence-electron chi connectivity index (χ4n) is 4.65. The molecule has 0 spiro atoms. The number of hydrogen-bond donors (Lipinski definition) is 2. The Kier molecular flexibility index (Phi) is 8.81. The number of benzene rings is 1. The number of nitrogens with zero attached hydrogens (tertiary/aromatic N) is 3. The zero-order chi connectivity index (χ0) is 30.1. The Morgan fingerprint density at radius 2 is 1.73 bits per heavy atom. The molecule has 216 valence electrons. The summed E-state index contributed by atoms with van der Waals surface area (Å²) in [6.45, 7) is 11.9. The van der Waals surface area contributed by atoms with Crippen LogP contribution >= 0.6 is 11.3 Å². The van der Waals surface area contributed by atoms with Gasteiger partial charge in [0, 0.05) is 38.8 Å². The summed E-state index contributed by atoms with van der Waals surface area (Å²) in [5.74, 6) is 0.419.